The number of benzene rings is 1. The minimum atomic E-state index is -0.616. The van der Waals surface area contributed by atoms with Crippen molar-refractivity contribution < 1.29 is 18.7 Å². The van der Waals surface area contributed by atoms with Crippen LogP contribution in [0.15, 0.2) is 18.2 Å². The van der Waals surface area contributed by atoms with Crippen molar-refractivity contribution in [3.63, 3.8) is 0 Å². The lowest BCUT2D eigenvalue weighted by molar-refractivity contribution is -0.132. The van der Waals surface area contributed by atoms with Crippen LogP contribution in [-0.2, 0) is 4.79 Å². The Kier molecular flexibility index (Phi) is 2.84. The molecule has 0 unspecified atom stereocenters. The van der Waals surface area contributed by atoms with Gasteiger partial charge in [0.1, 0.15) is 0 Å². The molecule has 0 aliphatic carbocycles. The molecule has 0 fully saturated rings. The molecule has 0 heterocycles. The van der Waals surface area contributed by atoms with Gasteiger partial charge in [0.25, 0.3) is 0 Å². The Hall–Kier alpha value is -1.58. The van der Waals surface area contributed by atoms with E-state index in [1.54, 1.807) is 0 Å². The van der Waals surface area contributed by atoms with Gasteiger partial charge in [0.2, 0.25) is 5.75 Å². The fraction of sp³-hybridized carbons (Fsp3) is 0.222. The summed E-state index contributed by atoms with van der Waals surface area (Å²) in [6.07, 6.45) is 0. The van der Waals surface area contributed by atoms with Gasteiger partial charge in [0.15, 0.2) is 11.6 Å². The van der Waals surface area contributed by atoms with Crippen LogP contribution in [0.2, 0.25) is 0 Å². The van der Waals surface area contributed by atoms with Crippen molar-refractivity contribution in [3.05, 3.63) is 24.0 Å². The van der Waals surface area contributed by atoms with Gasteiger partial charge >= 0.3 is 5.97 Å². The maximum absolute atomic E-state index is 13.0. The lowest BCUT2D eigenvalue weighted by Gasteiger charge is -2.07. The van der Waals surface area contributed by atoms with E-state index in [2.05, 4.69) is 4.74 Å². The van der Waals surface area contributed by atoms with Crippen molar-refractivity contribution in [2.45, 2.75) is 6.92 Å². The highest BCUT2D eigenvalue weighted by Gasteiger charge is 2.11. The van der Waals surface area contributed by atoms with E-state index < -0.39 is 11.8 Å². The highest BCUT2D eigenvalue weighted by atomic mass is 19.1. The SMILES string of the molecule is COc1cccc(F)c1OC(C)=O. The molecule has 0 saturated heterocycles. The molecule has 13 heavy (non-hydrogen) atoms. The Morgan fingerprint density at radius 2 is 2.15 bits per heavy atom. The van der Waals surface area contributed by atoms with Gasteiger partial charge in [0, 0.05) is 6.92 Å². The molecule has 3 nitrogen and oxygen atoms in total. The number of ether oxygens (including phenoxy) is 2. The molecule has 70 valence electrons. The van der Waals surface area contributed by atoms with Gasteiger partial charge in [-0.3, -0.25) is 4.79 Å². The molecule has 0 bridgehead atoms. The predicted molar refractivity (Wildman–Crippen MR) is 44.3 cm³/mol. The first-order valence-electron chi connectivity index (χ1n) is 3.66. The fourth-order valence-corrected chi connectivity index (χ4v) is 0.893. The van der Waals surface area contributed by atoms with Crippen molar-refractivity contribution in [2.75, 3.05) is 7.11 Å². The first-order chi connectivity index (χ1) is 6.15. The minimum absolute atomic E-state index is 0.169. The van der Waals surface area contributed by atoms with Crippen molar-refractivity contribution in [2.24, 2.45) is 0 Å². The molecule has 1 aromatic carbocycles. The van der Waals surface area contributed by atoms with Crippen molar-refractivity contribution in [3.8, 4) is 11.5 Å². The predicted octanol–water partition coefficient (Wildman–Crippen LogP) is 1.76. The zero-order valence-corrected chi connectivity index (χ0v) is 7.33. The third-order valence-electron chi connectivity index (χ3n) is 1.40. The van der Waals surface area contributed by atoms with E-state index in [4.69, 9.17) is 4.74 Å². The highest BCUT2D eigenvalue weighted by molar-refractivity contribution is 5.70. The topological polar surface area (TPSA) is 35.5 Å². The lowest BCUT2D eigenvalue weighted by Crippen LogP contribution is -2.04. The van der Waals surface area contributed by atoms with Gasteiger partial charge in [-0.25, -0.2) is 4.39 Å². The summed E-state index contributed by atoms with van der Waals surface area (Å²) < 4.78 is 22.5. The molecule has 0 saturated carbocycles. The molecule has 0 radical (unpaired) electrons. The summed E-state index contributed by atoms with van der Waals surface area (Å²) >= 11 is 0. The number of para-hydroxylation sites is 1. The van der Waals surface area contributed by atoms with Crippen LogP contribution in [0.1, 0.15) is 6.92 Å². The van der Waals surface area contributed by atoms with Crippen LogP contribution < -0.4 is 9.47 Å². The van der Waals surface area contributed by atoms with E-state index in [-0.39, 0.29) is 11.5 Å². The van der Waals surface area contributed by atoms with Crippen LogP contribution >= 0.6 is 0 Å². The van der Waals surface area contributed by atoms with Crippen LogP contribution in [0.3, 0.4) is 0 Å². The summed E-state index contributed by atoms with van der Waals surface area (Å²) in [5, 5.41) is 0. The number of rotatable bonds is 2. The van der Waals surface area contributed by atoms with Gasteiger partial charge in [-0.2, -0.15) is 0 Å². The summed E-state index contributed by atoms with van der Waals surface area (Å²) in [5.41, 5.74) is 0. The number of carbonyl (C=O) groups is 1. The molecule has 4 heteroatoms. The number of esters is 1. The Balaban J connectivity index is 3.07. The zero-order chi connectivity index (χ0) is 9.84. The summed E-state index contributed by atoms with van der Waals surface area (Å²) in [4.78, 5) is 10.6. The van der Waals surface area contributed by atoms with Crippen molar-refractivity contribution in [1.82, 2.24) is 0 Å². The zero-order valence-electron chi connectivity index (χ0n) is 7.33. The largest absolute Gasteiger partial charge is 0.493 e. The maximum Gasteiger partial charge on any atom is 0.308 e. The first-order valence-corrected chi connectivity index (χ1v) is 3.66. The van der Waals surface area contributed by atoms with Gasteiger partial charge in [0.05, 0.1) is 7.11 Å². The molecular weight excluding hydrogens is 175 g/mol. The third kappa shape index (κ3) is 2.18. The second kappa shape index (κ2) is 3.89. The fourth-order valence-electron chi connectivity index (χ4n) is 0.893. The number of hydrogen-bond donors (Lipinski definition) is 0. The molecule has 0 N–H and O–H groups in total. The standard InChI is InChI=1S/C9H9FO3/c1-6(11)13-9-7(10)4-3-5-8(9)12-2/h3-5H,1-2H3. The molecular formula is C9H9FO3. The second-order valence-electron chi connectivity index (χ2n) is 2.36. The number of methoxy groups -OCH3 is 1. The number of carbonyl (C=O) groups excluding carboxylic acids is 1. The normalized spacial score (nSPS) is 9.46. The molecule has 0 aromatic heterocycles. The average molecular weight is 184 g/mol. The van der Waals surface area contributed by atoms with Crippen LogP contribution in [0, 0.1) is 5.82 Å². The lowest BCUT2D eigenvalue weighted by atomic mass is 10.3. The van der Waals surface area contributed by atoms with Crippen LogP contribution in [0.4, 0.5) is 4.39 Å². The van der Waals surface area contributed by atoms with E-state index in [9.17, 15) is 9.18 Å². The second-order valence-corrected chi connectivity index (χ2v) is 2.36. The van der Waals surface area contributed by atoms with E-state index >= 15 is 0 Å². The molecule has 1 rings (SSSR count). The summed E-state index contributed by atoms with van der Waals surface area (Å²) in [6, 6.07) is 4.18. The summed E-state index contributed by atoms with van der Waals surface area (Å²) in [5.74, 6) is -1.16. The summed E-state index contributed by atoms with van der Waals surface area (Å²) in [7, 11) is 1.38. The van der Waals surface area contributed by atoms with Crippen molar-refractivity contribution in [1.29, 1.82) is 0 Å². The average Bonchev–Trinajstić information content (AvgIpc) is 2.08. The molecule has 0 aliphatic rings. The third-order valence-corrected chi connectivity index (χ3v) is 1.40. The van der Waals surface area contributed by atoms with Crippen LogP contribution in [-0.4, -0.2) is 13.1 Å². The van der Waals surface area contributed by atoms with Crippen LogP contribution in [0.25, 0.3) is 0 Å². The highest BCUT2D eigenvalue weighted by Crippen LogP contribution is 2.29. The van der Waals surface area contributed by atoms with Gasteiger partial charge < -0.3 is 9.47 Å². The summed E-state index contributed by atoms with van der Waals surface area (Å²) in [6.45, 7) is 1.20. The first kappa shape index (κ1) is 9.51. The van der Waals surface area contributed by atoms with E-state index in [0.717, 1.165) is 0 Å². The molecule has 1 aromatic rings. The van der Waals surface area contributed by atoms with E-state index in [1.807, 2.05) is 0 Å². The van der Waals surface area contributed by atoms with E-state index in [1.165, 1.54) is 32.2 Å². The van der Waals surface area contributed by atoms with Gasteiger partial charge in [-0.05, 0) is 12.1 Å². The smallest absolute Gasteiger partial charge is 0.308 e. The Morgan fingerprint density at radius 3 is 2.69 bits per heavy atom. The molecule has 0 spiro atoms. The minimum Gasteiger partial charge on any atom is -0.493 e. The molecule has 0 atom stereocenters. The Labute approximate surface area is 75.1 Å². The van der Waals surface area contributed by atoms with Gasteiger partial charge in [-0.1, -0.05) is 6.07 Å². The number of hydrogen-bond acceptors (Lipinski definition) is 3. The Morgan fingerprint density at radius 1 is 1.46 bits per heavy atom. The van der Waals surface area contributed by atoms with E-state index in [0.29, 0.717) is 0 Å². The monoisotopic (exact) mass is 184 g/mol. The van der Waals surface area contributed by atoms with Gasteiger partial charge in [-0.15, -0.1) is 0 Å². The molecule has 0 aliphatic heterocycles. The quantitative estimate of drug-likeness (QED) is 0.519. The van der Waals surface area contributed by atoms with Crippen LogP contribution in [0.5, 0.6) is 11.5 Å². The molecule has 0 amide bonds. The maximum atomic E-state index is 13.0. The Bertz CT molecular complexity index is 323. The number of halogens is 1. The van der Waals surface area contributed by atoms with Crippen molar-refractivity contribution >= 4 is 5.97 Å².